The summed E-state index contributed by atoms with van der Waals surface area (Å²) in [5, 5.41) is 10.5. The summed E-state index contributed by atoms with van der Waals surface area (Å²) in [6.45, 7) is 0.567. The molecule has 1 aromatic heterocycles. The van der Waals surface area contributed by atoms with Crippen LogP contribution in [0.25, 0.3) is 0 Å². The number of pyridine rings is 1. The van der Waals surface area contributed by atoms with Gasteiger partial charge in [0.2, 0.25) is 0 Å². The monoisotopic (exact) mass is 244 g/mol. The van der Waals surface area contributed by atoms with Crippen LogP contribution in [0, 0.1) is 10.1 Å². The van der Waals surface area contributed by atoms with E-state index < -0.39 is 11.0 Å². The number of rotatable bonds is 4. The van der Waals surface area contributed by atoms with Gasteiger partial charge in [-0.1, -0.05) is 6.07 Å². The fourth-order valence-corrected chi connectivity index (χ4v) is 1.48. The lowest BCUT2D eigenvalue weighted by molar-refractivity contribution is -0.489. The molecule has 18 heavy (non-hydrogen) atoms. The zero-order valence-corrected chi connectivity index (χ0v) is 9.64. The summed E-state index contributed by atoms with van der Waals surface area (Å²) in [6.07, 6.45) is 6.81. The predicted octanol–water partition coefficient (Wildman–Crippen LogP) is 1.31. The minimum absolute atomic E-state index is 0.398. The van der Waals surface area contributed by atoms with E-state index in [0.717, 1.165) is 12.1 Å². The van der Waals surface area contributed by atoms with Gasteiger partial charge in [0.05, 0.1) is 6.21 Å². The molecule has 6 heteroatoms. The highest BCUT2D eigenvalue weighted by molar-refractivity contribution is 6.01. The van der Waals surface area contributed by atoms with Crippen molar-refractivity contribution in [3.05, 3.63) is 52.4 Å². The maximum Gasteiger partial charge on any atom is 0.266 e. The first kappa shape index (κ1) is 12.1. The smallest absolute Gasteiger partial charge is 0.266 e. The molecule has 0 aromatic carbocycles. The fourth-order valence-electron chi connectivity index (χ4n) is 1.48. The van der Waals surface area contributed by atoms with Crippen LogP contribution < -0.4 is 0 Å². The Morgan fingerprint density at radius 2 is 2.33 bits per heavy atom. The van der Waals surface area contributed by atoms with Crippen molar-refractivity contribution in [2.24, 2.45) is 9.98 Å². The van der Waals surface area contributed by atoms with E-state index in [0.29, 0.717) is 12.4 Å². The lowest BCUT2D eigenvalue weighted by Crippen LogP contribution is -2.21. The van der Waals surface area contributed by atoms with Gasteiger partial charge in [0.25, 0.3) is 6.04 Å². The van der Waals surface area contributed by atoms with Crippen molar-refractivity contribution < 1.29 is 4.92 Å². The molecule has 1 aliphatic rings. The van der Waals surface area contributed by atoms with E-state index >= 15 is 0 Å². The molecule has 1 aliphatic heterocycles. The number of nitrogens with zero attached hydrogens (tertiary/aromatic N) is 4. The quantitative estimate of drug-likeness (QED) is 0.591. The minimum Gasteiger partial charge on any atom is -0.266 e. The third-order valence-electron chi connectivity index (χ3n) is 2.41. The van der Waals surface area contributed by atoms with E-state index in [-0.39, 0.29) is 0 Å². The number of aliphatic imine (C=N–C) groups is 2. The van der Waals surface area contributed by atoms with Crippen molar-refractivity contribution in [2.75, 3.05) is 6.54 Å². The molecule has 0 fully saturated rings. The van der Waals surface area contributed by atoms with E-state index in [9.17, 15) is 10.1 Å². The highest BCUT2D eigenvalue weighted by Gasteiger charge is 2.15. The maximum absolute atomic E-state index is 10.5. The van der Waals surface area contributed by atoms with E-state index in [1.54, 1.807) is 12.3 Å². The van der Waals surface area contributed by atoms with Gasteiger partial charge < -0.3 is 0 Å². The molecule has 1 atom stereocenters. The Balaban J connectivity index is 1.87. The minimum atomic E-state index is -0.834. The third kappa shape index (κ3) is 3.31. The molecule has 92 valence electrons. The number of hydrogen-bond donors (Lipinski definition) is 0. The molecule has 0 N–H and O–H groups in total. The van der Waals surface area contributed by atoms with Gasteiger partial charge >= 0.3 is 0 Å². The Kier molecular flexibility index (Phi) is 3.90. The second kappa shape index (κ2) is 5.81. The highest BCUT2D eigenvalue weighted by Crippen LogP contribution is 2.00. The molecule has 1 aromatic rings. The van der Waals surface area contributed by atoms with Gasteiger partial charge in [0.1, 0.15) is 5.84 Å². The Bertz CT molecular complexity index is 492. The summed E-state index contributed by atoms with van der Waals surface area (Å²) in [7, 11) is 0. The Labute approximate surface area is 104 Å². The molecular formula is C12H12N4O2. The van der Waals surface area contributed by atoms with Gasteiger partial charge in [-0.3, -0.25) is 20.1 Å². The van der Waals surface area contributed by atoms with Crippen LogP contribution in [0.2, 0.25) is 0 Å². The van der Waals surface area contributed by atoms with Crippen LogP contribution in [0.15, 0.2) is 46.5 Å². The zero-order chi connectivity index (χ0) is 12.8. The molecule has 2 heterocycles. The first-order valence-electron chi connectivity index (χ1n) is 5.56. The average Bonchev–Trinajstić information content (AvgIpc) is 2.40. The Hall–Kier alpha value is -2.37. The van der Waals surface area contributed by atoms with Gasteiger partial charge in [-0.25, -0.2) is 4.99 Å². The second-order valence-corrected chi connectivity index (χ2v) is 3.72. The van der Waals surface area contributed by atoms with Crippen molar-refractivity contribution >= 4 is 12.1 Å². The van der Waals surface area contributed by atoms with Gasteiger partial charge in [-0.2, -0.15) is 0 Å². The van der Waals surface area contributed by atoms with E-state index in [1.807, 2.05) is 18.2 Å². The predicted molar refractivity (Wildman–Crippen MR) is 68.7 cm³/mol. The maximum atomic E-state index is 10.5. The summed E-state index contributed by atoms with van der Waals surface area (Å²) in [5.74, 6) is 0.518. The van der Waals surface area contributed by atoms with Gasteiger partial charge in [-0.05, 0) is 24.3 Å². The lowest BCUT2D eigenvalue weighted by Gasteiger charge is -2.03. The van der Waals surface area contributed by atoms with Crippen LogP contribution in [0.1, 0.15) is 5.69 Å². The van der Waals surface area contributed by atoms with Crippen LogP contribution >= 0.6 is 0 Å². The van der Waals surface area contributed by atoms with E-state index in [1.165, 1.54) is 12.3 Å². The van der Waals surface area contributed by atoms with Gasteiger partial charge in [0.15, 0.2) is 0 Å². The third-order valence-corrected chi connectivity index (χ3v) is 2.41. The van der Waals surface area contributed by atoms with Gasteiger partial charge in [-0.15, -0.1) is 0 Å². The topological polar surface area (TPSA) is 80.8 Å². The molecule has 0 spiro atoms. The summed E-state index contributed by atoms with van der Waals surface area (Å²) < 4.78 is 0. The number of amidine groups is 1. The molecule has 0 bridgehead atoms. The molecule has 2 rings (SSSR count). The molecule has 6 nitrogen and oxygen atoms in total. The summed E-state index contributed by atoms with van der Waals surface area (Å²) >= 11 is 0. The van der Waals surface area contributed by atoms with E-state index in [2.05, 4.69) is 15.0 Å². The number of nitro groups is 1. The molecule has 1 unspecified atom stereocenters. The number of hydrogen-bond acceptors (Lipinski definition) is 4. The molecule has 0 radical (unpaired) electrons. The van der Waals surface area contributed by atoms with Crippen LogP contribution in [0.3, 0.4) is 0 Å². The van der Waals surface area contributed by atoms with Gasteiger partial charge in [0, 0.05) is 29.8 Å². The van der Waals surface area contributed by atoms with Crippen molar-refractivity contribution in [1.82, 2.24) is 4.98 Å². The van der Waals surface area contributed by atoms with Crippen LogP contribution in [0.5, 0.6) is 0 Å². The zero-order valence-electron chi connectivity index (χ0n) is 9.64. The largest absolute Gasteiger partial charge is 0.266 e. The normalized spacial score (nSPS) is 20.2. The molecule has 0 saturated carbocycles. The first-order valence-corrected chi connectivity index (χ1v) is 5.56. The number of dihydropyridines is 1. The molecule has 0 aliphatic carbocycles. The van der Waals surface area contributed by atoms with Crippen LogP contribution in [-0.2, 0) is 6.42 Å². The lowest BCUT2D eigenvalue weighted by atomic mass is 10.2. The second-order valence-electron chi connectivity index (χ2n) is 3.72. The SMILES string of the molecule is O=[N+]([O-])C1C=CC(=NCCc2ccccn2)N=C1. The van der Waals surface area contributed by atoms with Crippen molar-refractivity contribution in [3.8, 4) is 0 Å². The van der Waals surface area contributed by atoms with Crippen LogP contribution in [0.4, 0.5) is 0 Å². The molecular weight excluding hydrogens is 232 g/mol. The number of aromatic nitrogens is 1. The highest BCUT2D eigenvalue weighted by atomic mass is 16.6. The molecule has 0 amide bonds. The van der Waals surface area contributed by atoms with Crippen molar-refractivity contribution in [3.63, 3.8) is 0 Å². The summed E-state index contributed by atoms with van der Waals surface area (Å²) in [4.78, 5) is 22.4. The Morgan fingerprint density at radius 3 is 2.94 bits per heavy atom. The van der Waals surface area contributed by atoms with Crippen LogP contribution in [-0.4, -0.2) is 34.5 Å². The summed E-state index contributed by atoms with van der Waals surface area (Å²) in [5.41, 5.74) is 0.966. The fraction of sp³-hybridized carbons (Fsp3) is 0.250. The summed E-state index contributed by atoms with van der Waals surface area (Å²) in [6, 6.07) is 4.89. The standard InChI is InChI=1S/C12H12N4O2/c17-16(18)11-4-5-12(15-9-11)14-8-6-10-3-1-2-7-13-10/h1-5,7,9,11H,6,8H2. The average molecular weight is 244 g/mol. The molecule has 0 saturated heterocycles. The van der Waals surface area contributed by atoms with Crippen molar-refractivity contribution in [2.45, 2.75) is 12.5 Å². The van der Waals surface area contributed by atoms with Crippen molar-refractivity contribution in [1.29, 1.82) is 0 Å². The van der Waals surface area contributed by atoms with E-state index in [4.69, 9.17) is 0 Å². The Morgan fingerprint density at radius 1 is 1.44 bits per heavy atom. The first-order chi connectivity index (χ1) is 8.75.